The molecule has 1 aliphatic rings. The Morgan fingerprint density at radius 1 is 1.20 bits per heavy atom. The summed E-state index contributed by atoms with van der Waals surface area (Å²) >= 11 is 0. The number of carbonyl (C=O) groups is 2. The number of rotatable bonds is 5. The van der Waals surface area contributed by atoms with Crippen molar-refractivity contribution in [1.29, 1.82) is 0 Å². The highest BCUT2D eigenvalue weighted by atomic mass is 19.1. The molecule has 0 radical (unpaired) electrons. The first-order chi connectivity index (χ1) is 12.1. The highest BCUT2D eigenvalue weighted by molar-refractivity contribution is 5.99. The molecule has 1 aliphatic heterocycles. The van der Waals surface area contributed by atoms with Crippen molar-refractivity contribution in [2.24, 2.45) is 0 Å². The van der Waals surface area contributed by atoms with Crippen LogP contribution in [0.1, 0.15) is 12.8 Å². The molecule has 1 fully saturated rings. The van der Waals surface area contributed by atoms with Gasteiger partial charge in [0.05, 0.1) is 7.11 Å². The second-order valence-electron chi connectivity index (χ2n) is 5.55. The first-order valence-electron chi connectivity index (χ1n) is 7.77. The van der Waals surface area contributed by atoms with Crippen LogP contribution in [0.2, 0.25) is 0 Å². The number of para-hydroxylation sites is 2. The lowest BCUT2D eigenvalue weighted by molar-refractivity contribution is -0.122. The number of carbonyl (C=O) groups excluding carboxylic acids is 2. The molecule has 25 heavy (non-hydrogen) atoms. The van der Waals surface area contributed by atoms with Gasteiger partial charge < -0.3 is 20.1 Å². The van der Waals surface area contributed by atoms with Crippen LogP contribution in [-0.4, -0.2) is 25.0 Å². The van der Waals surface area contributed by atoms with E-state index < -0.39 is 11.9 Å². The third-order valence-corrected chi connectivity index (χ3v) is 3.80. The van der Waals surface area contributed by atoms with E-state index in [1.165, 1.54) is 25.3 Å². The Kier molecular flexibility index (Phi) is 4.83. The number of ether oxygens (including phenoxy) is 2. The number of anilines is 1. The number of amides is 2. The normalized spacial score (nSPS) is 16.2. The lowest BCUT2D eigenvalue weighted by atomic mass is 10.2. The van der Waals surface area contributed by atoms with Crippen LogP contribution in [-0.2, 0) is 9.59 Å². The van der Waals surface area contributed by atoms with E-state index >= 15 is 0 Å². The minimum Gasteiger partial charge on any atom is -0.493 e. The van der Waals surface area contributed by atoms with Crippen LogP contribution in [0, 0.1) is 5.82 Å². The Labute approximate surface area is 143 Å². The van der Waals surface area contributed by atoms with Gasteiger partial charge in [-0.05, 0) is 30.7 Å². The average molecular weight is 344 g/mol. The Hall–Kier alpha value is -3.09. The Bertz CT molecular complexity index is 809. The number of hydrogen-bond acceptors (Lipinski definition) is 4. The fraction of sp³-hybridized carbons (Fsp3) is 0.222. The third-order valence-electron chi connectivity index (χ3n) is 3.80. The molecule has 1 saturated heterocycles. The van der Waals surface area contributed by atoms with Crippen LogP contribution in [0.4, 0.5) is 10.1 Å². The quantitative estimate of drug-likeness (QED) is 0.874. The second kappa shape index (κ2) is 7.21. The fourth-order valence-corrected chi connectivity index (χ4v) is 2.52. The molecule has 2 aromatic carbocycles. The summed E-state index contributed by atoms with van der Waals surface area (Å²) in [5, 5.41) is 5.15. The van der Waals surface area contributed by atoms with E-state index in [0.29, 0.717) is 24.3 Å². The summed E-state index contributed by atoms with van der Waals surface area (Å²) in [4.78, 5) is 23.2. The molecule has 0 aromatic heterocycles. The molecule has 3 rings (SSSR count). The van der Waals surface area contributed by atoms with E-state index in [9.17, 15) is 14.0 Å². The van der Waals surface area contributed by atoms with Crippen molar-refractivity contribution in [2.75, 3.05) is 12.4 Å². The first-order valence-corrected chi connectivity index (χ1v) is 7.77. The molecule has 2 N–H and O–H groups in total. The third kappa shape index (κ3) is 3.88. The molecule has 0 spiro atoms. The smallest absolute Gasteiger partial charge is 0.246 e. The van der Waals surface area contributed by atoms with Crippen molar-refractivity contribution in [3.8, 4) is 17.2 Å². The molecular weight excluding hydrogens is 327 g/mol. The summed E-state index contributed by atoms with van der Waals surface area (Å²) in [6.45, 7) is 0. The van der Waals surface area contributed by atoms with Gasteiger partial charge in [-0.25, -0.2) is 4.39 Å². The highest BCUT2D eigenvalue weighted by Crippen LogP contribution is 2.33. The lowest BCUT2D eigenvalue weighted by Crippen LogP contribution is -2.37. The van der Waals surface area contributed by atoms with E-state index in [1.807, 2.05) is 0 Å². The van der Waals surface area contributed by atoms with Gasteiger partial charge in [-0.1, -0.05) is 12.1 Å². The molecule has 2 aromatic rings. The predicted octanol–water partition coefficient (Wildman–Crippen LogP) is 2.84. The van der Waals surface area contributed by atoms with Gasteiger partial charge in [0.25, 0.3) is 0 Å². The van der Waals surface area contributed by atoms with Crippen LogP contribution in [0.5, 0.6) is 17.2 Å². The van der Waals surface area contributed by atoms with Crippen molar-refractivity contribution >= 4 is 17.5 Å². The van der Waals surface area contributed by atoms with Crippen molar-refractivity contribution < 1.29 is 23.5 Å². The van der Waals surface area contributed by atoms with Crippen LogP contribution in [0.15, 0.2) is 42.5 Å². The molecule has 0 saturated carbocycles. The SMILES string of the molecule is COc1ccccc1Oc1ccc(NC(=O)[C@@H]2CCC(=O)N2)cc1F. The molecule has 0 bridgehead atoms. The summed E-state index contributed by atoms with van der Waals surface area (Å²) < 4.78 is 25.0. The van der Waals surface area contributed by atoms with Gasteiger partial charge in [0.2, 0.25) is 11.8 Å². The summed E-state index contributed by atoms with van der Waals surface area (Å²) in [5.41, 5.74) is 0.288. The molecule has 6 nitrogen and oxygen atoms in total. The van der Waals surface area contributed by atoms with Crippen molar-refractivity contribution in [3.63, 3.8) is 0 Å². The standard InChI is InChI=1S/C18H17FN2O4/c1-24-15-4-2-3-5-16(15)25-14-8-6-11(10-12(14)19)20-18(23)13-7-9-17(22)21-13/h2-6,8,10,13H,7,9H2,1H3,(H,20,23)(H,21,22)/t13-/m0/s1. The van der Waals surface area contributed by atoms with Gasteiger partial charge in [-0.3, -0.25) is 9.59 Å². The van der Waals surface area contributed by atoms with E-state index in [-0.39, 0.29) is 23.3 Å². The average Bonchev–Trinajstić information content (AvgIpc) is 3.04. The second-order valence-corrected chi connectivity index (χ2v) is 5.55. The predicted molar refractivity (Wildman–Crippen MR) is 89.3 cm³/mol. The molecule has 2 amide bonds. The Balaban J connectivity index is 1.70. The number of hydrogen-bond donors (Lipinski definition) is 2. The molecule has 0 unspecified atom stereocenters. The number of halogens is 1. The maximum atomic E-state index is 14.3. The van der Waals surface area contributed by atoms with Gasteiger partial charge in [0.1, 0.15) is 6.04 Å². The maximum absolute atomic E-state index is 14.3. The zero-order chi connectivity index (χ0) is 17.8. The Morgan fingerprint density at radius 2 is 1.96 bits per heavy atom. The molecule has 0 aliphatic carbocycles. The van der Waals surface area contributed by atoms with Crippen LogP contribution in [0.25, 0.3) is 0 Å². The summed E-state index contributed by atoms with van der Waals surface area (Å²) in [5.74, 6) is -0.281. The fourth-order valence-electron chi connectivity index (χ4n) is 2.52. The topological polar surface area (TPSA) is 76.7 Å². The summed E-state index contributed by atoms with van der Waals surface area (Å²) in [7, 11) is 1.50. The van der Waals surface area contributed by atoms with Crippen molar-refractivity contribution in [2.45, 2.75) is 18.9 Å². The molecule has 130 valence electrons. The van der Waals surface area contributed by atoms with E-state index in [0.717, 1.165) is 0 Å². The monoisotopic (exact) mass is 344 g/mol. The summed E-state index contributed by atoms with van der Waals surface area (Å²) in [6, 6.07) is 10.4. The summed E-state index contributed by atoms with van der Waals surface area (Å²) in [6.07, 6.45) is 0.750. The van der Waals surface area contributed by atoms with E-state index in [1.54, 1.807) is 24.3 Å². The number of nitrogens with one attached hydrogen (secondary N) is 2. The minimum atomic E-state index is -0.626. The molecular formula is C18H17FN2O4. The largest absolute Gasteiger partial charge is 0.493 e. The minimum absolute atomic E-state index is 0.0108. The highest BCUT2D eigenvalue weighted by Gasteiger charge is 2.27. The molecule has 7 heteroatoms. The van der Waals surface area contributed by atoms with E-state index in [4.69, 9.17) is 9.47 Å². The van der Waals surface area contributed by atoms with Crippen LogP contribution in [0.3, 0.4) is 0 Å². The van der Waals surface area contributed by atoms with Gasteiger partial charge >= 0.3 is 0 Å². The molecule has 1 atom stereocenters. The van der Waals surface area contributed by atoms with Crippen LogP contribution < -0.4 is 20.1 Å². The Morgan fingerprint density at radius 3 is 2.60 bits per heavy atom. The first kappa shape index (κ1) is 16.8. The van der Waals surface area contributed by atoms with Crippen LogP contribution >= 0.6 is 0 Å². The van der Waals surface area contributed by atoms with Crippen molar-refractivity contribution in [1.82, 2.24) is 5.32 Å². The zero-order valence-corrected chi connectivity index (χ0v) is 13.5. The molecule has 1 heterocycles. The van der Waals surface area contributed by atoms with Gasteiger partial charge in [-0.2, -0.15) is 0 Å². The lowest BCUT2D eigenvalue weighted by Gasteiger charge is -2.13. The number of benzene rings is 2. The van der Waals surface area contributed by atoms with Gasteiger partial charge in [0.15, 0.2) is 23.1 Å². The van der Waals surface area contributed by atoms with Gasteiger partial charge in [-0.15, -0.1) is 0 Å². The maximum Gasteiger partial charge on any atom is 0.246 e. The van der Waals surface area contributed by atoms with Gasteiger partial charge in [0, 0.05) is 18.2 Å². The van der Waals surface area contributed by atoms with E-state index in [2.05, 4.69) is 10.6 Å². The number of methoxy groups -OCH3 is 1. The zero-order valence-electron chi connectivity index (χ0n) is 13.5. The van der Waals surface area contributed by atoms with Crippen molar-refractivity contribution in [3.05, 3.63) is 48.3 Å².